The summed E-state index contributed by atoms with van der Waals surface area (Å²) in [5.41, 5.74) is -1.61. The third-order valence-electron chi connectivity index (χ3n) is 21.4. The number of piperidine rings is 1. The summed E-state index contributed by atoms with van der Waals surface area (Å²) in [4.78, 5) is 190. The zero-order chi connectivity index (χ0) is 70.2. The number of alkyl halides is 1. The van der Waals surface area contributed by atoms with Crippen molar-refractivity contribution in [1.82, 2.24) is 60.0 Å². The first-order chi connectivity index (χ1) is 44.9. The zero-order valence-corrected chi connectivity index (χ0v) is 60.2. The molecule has 8 atom stereocenters. The average molecular weight is 1360 g/mol. The molecule has 4 heterocycles. The van der Waals surface area contributed by atoms with E-state index in [-0.39, 0.29) is 75.0 Å². The Morgan fingerprint density at radius 3 is 1.79 bits per heavy atom. The topological polar surface area (TPSA) is 279 Å². The highest BCUT2D eigenvalue weighted by atomic mass is 35.5. The van der Waals surface area contributed by atoms with Crippen molar-refractivity contribution in [2.75, 3.05) is 102 Å². The lowest BCUT2D eigenvalue weighted by molar-refractivity contribution is -0.158. The van der Waals surface area contributed by atoms with Crippen molar-refractivity contribution in [2.24, 2.45) is 29.6 Å². The normalized spacial score (nSPS) is 29.1. The van der Waals surface area contributed by atoms with Gasteiger partial charge in [-0.1, -0.05) is 80.1 Å². The second kappa shape index (κ2) is 35.9. The van der Waals surface area contributed by atoms with Gasteiger partial charge >= 0.3 is 0 Å². The largest absolute Gasteiger partial charge is 0.381 e. The molecule has 3 N–H and O–H groups in total. The Bertz CT molecular complexity index is 2690. The van der Waals surface area contributed by atoms with Gasteiger partial charge in [0.15, 0.2) is 0 Å². The monoisotopic (exact) mass is 1350 g/mol. The third kappa shape index (κ3) is 20.5. The standard InChI is InChI=1S/C69H115ClN12O13/c1-14-46(6)59-66(92)76(9)42-57(85)74(7)43-58(86)78(11)53(39-48-22-17-15-18-23-48)64(90)75(8)41-55(83)71-50(30-27-47-25-28-49(70)29-26-47)63(89)82-35-21-24-51(82)62(88)73-69(31-36-95-37-32-69)68(94)80(13)60(45(4)5)67(93)79(12)54(65(91)81-33-19-16-20-34-81)40-56(84)77(10)52(38-44(2)3)61(87)72-59/h44-54,59-60H,14-43H2,1-13H3,(H,71,83)(H,72,87)(H,73,88)/t46-,47?,49?,50-,51-,52-,53-,54-,59-,60-/m0/s1. The maximum Gasteiger partial charge on any atom is 0.248 e. The number of amides is 12. The lowest BCUT2D eigenvalue weighted by atomic mass is 9.84. The molecule has 0 aromatic heterocycles. The first-order valence-corrected chi connectivity index (χ1v) is 35.9. The summed E-state index contributed by atoms with van der Waals surface area (Å²) in [6.45, 7) is 10.6. The molecule has 2 saturated carbocycles. The van der Waals surface area contributed by atoms with E-state index in [1.807, 2.05) is 20.8 Å². The van der Waals surface area contributed by atoms with E-state index in [1.54, 1.807) is 25.7 Å². The van der Waals surface area contributed by atoms with Crippen molar-refractivity contribution in [3.05, 3.63) is 0 Å². The number of nitrogens with one attached hydrogen (secondary N) is 3. The van der Waals surface area contributed by atoms with Gasteiger partial charge in [-0.25, -0.2) is 0 Å². The number of hydrogen-bond donors (Lipinski definition) is 3. The minimum Gasteiger partial charge on any atom is -0.381 e. The second-order valence-corrected chi connectivity index (χ2v) is 29.9. The van der Waals surface area contributed by atoms with Crippen molar-refractivity contribution in [3.63, 3.8) is 0 Å². The highest BCUT2D eigenvalue weighted by Gasteiger charge is 2.50. The van der Waals surface area contributed by atoms with E-state index in [9.17, 15) is 38.4 Å². The second-order valence-electron chi connectivity index (χ2n) is 29.3. The summed E-state index contributed by atoms with van der Waals surface area (Å²) in [7, 11) is 10.2. The number of carbonyl (C=O) groups excluding carboxylic acids is 12. The van der Waals surface area contributed by atoms with Crippen LogP contribution in [0.15, 0.2) is 0 Å². The number of halogens is 1. The molecule has 0 bridgehead atoms. The van der Waals surface area contributed by atoms with E-state index >= 15 is 19.2 Å². The van der Waals surface area contributed by atoms with Crippen LogP contribution in [0.4, 0.5) is 0 Å². The van der Waals surface area contributed by atoms with Gasteiger partial charge in [0, 0.05) is 100 Å². The van der Waals surface area contributed by atoms with Gasteiger partial charge in [0.1, 0.15) is 47.8 Å². The number of rotatable bonds is 11. The first kappa shape index (κ1) is 77.9. The fourth-order valence-corrected chi connectivity index (χ4v) is 15.2. The van der Waals surface area contributed by atoms with Gasteiger partial charge in [-0.3, -0.25) is 57.5 Å². The van der Waals surface area contributed by atoms with Crippen LogP contribution in [0.25, 0.3) is 0 Å². The van der Waals surface area contributed by atoms with Crippen LogP contribution < -0.4 is 16.0 Å². The number of fused-ring (bicyclic) bond motifs is 1. The summed E-state index contributed by atoms with van der Waals surface area (Å²) in [5, 5.41) is 9.01. The van der Waals surface area contributed by atoms with Crippen LogP contribution in [0.1, 0.15) is 183 Å². The van der Waals surface area contributed by atoms with Crippen molar-refractivity contribution in [1.29, 1.82) is 0 Å². The van der Waals surface area contributed by atoms with E-state index < -0.39 is 157 Å². The van der Waals surface area contributed by atoms with Crippen LogP contribution in [0.3, 0.4) is 0 Å². The molecule has 25 nitrogen and oxygen atoms in total. The van der Waals surface area contributed by atoms with Gasteiger partial charge in [-0.05, 0) is 113 Å². The van der Waals surface area contributed by atoms with Gasteiger partial charge in [-0.15, -0.1) is 11.6 Å². The third-order valence-corrected chi connectivity index (χ3v) is 21.8. The lowest BCUT2D eigenvalue weighted by Gasteiger charge is -2.44. The minimum atomic E-state index is -1.61. The molecule has 4 saturated heterocycles. The summed E-state index contributed by atoms with van der Waals surface area (Å²) in [5.74, 6) is -7.84. The van der Waals surface area contributed by atoms with Crippen LogP contribution in [-0.4, -0.2) is 270 Å². The highest BCUT2D eigenvalue weighted by molar-refractivity contribution is 6.20. The molecule has 95 heavy (non-hydrogen) atoms. The van der Waals surface area contributed by atoms with Crippen LogP contribution in [0.5, 0.6) is 0 Å². The fourth-order valence-electron chi connectivity index (χ4n) is 14.9. The number of nitrogens with zero attached hydrogens (tertiary/aromatic N) is 9. The Balaban J connectivity index is 1.40. The molecule has 0 radical (unpaired) electrons. The Hall–Kier alpha value is -6.11. The highest BCUT2D eigenvalue weighted by Crippen LogP contribution is 2.34. The van der Waals surface area contributed by atoms with Crippen LogP contribution in [-0.2, 0) is 62.3 Å². The summed E-state index contributed by atoms with van der Waals surface area (Å²) in [6, 6.07) is -8.14. The average Bonchev–Trinajstić information content (AvgIpc) is 1.76. The molecule has 0 unspecified atom stereocenters. The molecule has 4 aliphatic heterocycles. The Morgan fingerprint density at radius 2 is 1.18 bits per heavy atom. The number of likely N-dealkylation sites (tertiary alicyclic amines) is 1. The molecule has 536 valence electrons. The van der Waals surface area contributed by atoms with Gasteiger partial charge in [0.05, 0.1) is 26.1 Å². The van der Waals surface area contributed by atoms with Gasteiger partial charge < -0.3 is 64.8 Å². The molecular formula is C69H115ClN12O13. The number of carbonyl (C=O) groups is 12. The fraction of sp³-hybridized carbons (Fsp3) is 0.826. The van der Waals surface area contributed by atoms with Crippen molar-refractivity contribution < 1.29 is 62.3 Å². The van der Waals surface area contributed by atoms with Crippen molar-refractivity contribution >= 4 is 82.5 Å². The Labute approximate surface area is 569 Å². The Kier molecular flexibility index (Phi) is 29.5. The van der Waals surface area contributed by atoms with Gasteiger partial charge in [0.25, 0.3) is 0 Å². The maximum atomic E-state index is 15.5. The van der Waals surface area contributed by atoms with E-state index in [0.717, 1.165) is 64.2 Å². The molecule has 6 rings (SSSR count). The van der Waals surface area contributed by atoms with Crippen LogP contribution in [0.2, 0.25) is 0 Å². The van der Waals surface area contributed by atoms with E-state index in [4.69, 9.17) is 16.3 Å². The molecule has 2 aliphatic carbocycles. The summed E-state index contributed by atoms with van der Waals surface area (Å²) in [6.07, 6.45) is 12.1. The lowest BCUT2D eigenvalue weighted by Crippen LogP contribution is -2.67. The smallest absolute Gasteiger partial charge is 0.248 e. The predicted molar refractivity (Wildman–Crippen MR) is 359 cm³/mol. The van der Waals surface area contributed by atoms with Crippen molar-refractivity contribution in [2.45, 2.75) is 236 Å². The van der Waals surface area contributed by atoms with Crippen LogP contribution >= 0.6 is 11.6 Å². The molecule has 12 amide bonds. The molecule has 1 spiro atoms. The van der Waals surface area contributed by atoms with E-state index in [2.05, 4.69) is 16.0 Å². The first-order valence-electron chi connectivity index (χ1n) is 35.4. The molecule has 6 fully saturated rings. The quantitative estimate of drug-likeness (QED) is 0.247. The number of hydrogen-bond acceptors (Lipinski definition) is 13. The SMILES string of the molecule is CC[C@H](C)[C@@H]1NC(=O)[C@H](CC(C)C)N(C)C(=O)C[C@@H](C(=O)N2CCCCC2)N(C)C(=O)[C@H](C(C)C)N(C)C(=O)C2(CCOCC2)NC(=O)[C@@H]2CCCN2C(=O)[C@H](CCC2CCC(Cl)CC2)NC(=O)CN(C)C(=O)[C@H](CC2CCCCC2)N(C)C(=O)CN(C)C(=O)CN(C)C1=O. The van der Waals surface area contributed by atoms with E-state index in [1.165, 1.54) is 88.5 Å². The predicted octanol–water partition coefficient (Wildman–Crippen LogP) is 4.01. The number of likely N-dealkylation sites (N-methyl/N-ethyl adjacent to an activating group) is 7. The van der Waals surface area contributed by atoms with Crippen molar-refractivity contribution in [3.8, 4) is 0 Å². The van der Waals surface area contributed by atoms with Crippen LogP contribution in [0, 0.1) is 29.6 Å². The Morgan fingerprint density at radius 1 is 0.579 bits per heavy atom. The molecule has 0 aromatic rings. The molecule has 0 aromatic carbocycles. The maximum absolute atomic E-state index is 15.5. The molecular weight excluding hydrogens is 1240 g/mol. The zero-order valence-electron chi connectivity index (χ0n) is 59.4. The number of ether oxygens (including phenoxy) is 1. The van der Waals surface area contributed by atoms with Gasteiger partial charge in [-0.2, -0.15) is 0 Å². The summed E-state index contributed by atoms with van der Waals surface area (Å²) >= 11 is 6.51. The van der Waals surface area contributed by atoms with Gasteiger partial charge in [0.2, 0.25) is 70.9 Å². The minimum absolute atomic E-state index is 0.0279. The summed E-state index contributed by atoms with van der Waals surface area (Å²) < 4.78 is 5.79. The van der Waals surface area contributed by atoms with E-state index in [0.29, 0.717) is 51.6 Å². The molecule has 6 aliphatic rings. The molecule has 26 heteroatoms.